The van der Waals surface area contributed by atoms with E-state index in [9.17, 15) is 10.1 Å². The molecule has 7 nitrogen and oxygen atoms in total. The average molecular weight is 354 g/mol. The molecule has 21 heavy (non-hydrogen) atoms. The quantitative estimate of drug-likeness (QED) is 0.675. The number of nitro groups is 1. The van der Waals surface area contributed by atoms with E-state index < -0.39 is 4.92 Å². The van der Waals surface area contributed by atoms with Gasteiger partial charge in [0.05, 0.1) is 17.2 Å². The van der Waals surface area contributed by atoms with Crippen molar-refractivity contribution in [2.24, 2.45) is 0 Å². The van der Waals surface area contributed by atoms with Gasteiger partial charge < -0.3 is 5.73 Å². The van der Waals surface area contributed by atoms with Gasteiger partial charge in [-0.25, -0.2) is 4.68 Å². The predicted octanol–water partition coefficient (Wildman–Crippen LogP) is 2.88. The van der Waals surface area contributed by atoms with Crippen molar-refractivity contribution in [2.45, 2.75) is 32.7 Å². The third-order valence-electron chi connectivity index (χ3n) is 3.04. The van der Waals surface area contributed by atoms with Crippen molar-refractivity contribution in [1.29, 1.82) is 0 Å². The molecule has 0 bridgehead atoms. The standard InChI is InChI=1S/C13H16BrN5O2/c1-13(2,3)11-12(15)16-17-18(11)7-8-4-5-9(19(20)21)6-10(8)14/h4-6H,7,15H2,1-3H3. The molecule has 1 aromatic carbocycles. The fourth-order valence-electron chi connectivity index (χ4n) is 2.15. The van der Waals surface area contributed by atoms with Crippen LogP contribution < -0.4 is 5.73 Å². The summed E-state index contributed by atoms with van der Waals surface area (Å²) in [4.78, 5) is 10.3. The maximum atomic E-state index is 10.8. The minimum Gasteiger partial charge on any atom is -0.381 e. The molecule has 2 aromatic rings. The summed E-state index contributed by atoms with van der Waals surface area (Å²) in [6.07, 6.45) is 0. The lowest BCUT2D eigenvalue weighted by molar-refractivity contribution is -0.384. The van der Waals surface area contributed by atoms with Gasteiger partial charge in [-0.05, 0) is 11.6 Å². The zero-order chi connectivity index (χ0) is 15.8. The Hall–Kier alpha value is -1.96. The van der Waals surface area contributed by atoms with E-state index in [0.717, 1.165) is 11.3 Å². The molecule has 0 saturated heterocycles. The van der Waals surface area contributed by atoms with Crippen LogP contribution in [-0.2, 0) is 12.0 Å². The highest BCUT2D eigenvalue weighted by molar-refractivity contribution is 9.10. The normalized spacial score (nSPS) is 11.6. The van der Waals surface area contributed by atoms with Crippen LogP contribution >= 0.6 is 15.9 Å². The lowest BCUT2D eigenvalue weighted by atomic mass is 9.92. The largest absolute Gasteiger partial charge is 0.381 e. The monoisotopic (exact) mass is 353 g/mol. The molecule has 1 aromatic heterocycles. The van der Waals surface area contributed by atoms with Gasteiger partial charge in [-0.3, -0.25) is 10.1 Å². The van der Waals surface area contributed by atoms with Crippen LogP contribution in [0.1, 0.15) is 32.0 Å². The number of aromatic nitrogens is 3. The van der Waals surface area contributed by atoms with E-state index >= 15 is 0 Å². The summed E-state index contributed by atoms with van der Waals surface area (Å²) in [6.45, 7) is 6.53. The Labute approximate surface area is 130 Å². The number of hydrogen-bond donors (Lipinski definition) is 1. The van der Waals surface area contributed by atoms with Crippen LogP contribution in [0.4, 0.5) is 11.5 Å². The topological polar surface area (TPSA) is 99.9 Å². The van der Waals surface area contributed by atoms with Crippen molar-refractivity contribution in [3.05, 3.63) is 44.0 Å². The molecule has 0 unspecified atom stereocenters. The van der Waals surface area contributed by atoms with Crippen LogP contribution in [0.25, 0.3) is 0 Å². The molecule has 0 aliphatic rings. The molecule has 0 spiro atoms. The first-order valence-corrected chi connectivity index (χ1v) is 7.11. The van der Waals surface area contributed by atoms with E-state index in [-0.39, 0.29) is 11.1 Å². The van der Waals surface area contributed by atoms with Crippen molar-refractivity contribution in [2.75, 3.05) is 5.73 Å². The second-order valence-corrected chi connectivity index (χ2v) is 6.62. The Morgan fingerprint density at radius 3 is 2.62 bits per heavy atom. The molecule has 8 heteroatoms. The smallest absolute Gasteiger partial charge is 0.270 e. The lowest BCUT2D eigenvalue weighted by Crippen LogP contribution is -2.20. The second kappa shape index (κ2) is 5.44. The number of hydrogen-bond acceptors (Lipinski definition) is 5. The van der Waals surface area contributed by atoms with Gasteiger partial charge in [0.1, 0.15) is 0 Å². The Morgan fingerprint density at radius 2 is 2.10 bits per heavy atom. The Morgan fingerprint density at radius 1 is 1.43 bits per heavy atom. The molecule has 0 atom stereocenters. The van der Waals surface area contributed by atoms with Crippen molar-refractivity contribution in [1.82, 2.24) is 15.0 Å². The first kappa shape index (κ1) is 15.4. The molecule has 0 aliphatic carbocycles. The lowest BCUT2D eigenvalue weighted by Gasteiger charge is -2.20. The van der Waals surface area contributed by atoms with E-state index in [1.54, 1.807) is 10.7 Å². The van der Waals surface area contributed by atoms with Gasteiger partial charge in [-0.15, -0.1) is 5.10 Å². The minimum atomic E-state index is -0.428. The van der Waals surface area contributed by atoms with E-state index in [2.05, 4.69) is 26.2 Å². The summed E-state index contributed by atoms with van der Waals surface area (Å²) < 4.78 is 2.38. The maximum absolute atomic E-state index is 10.8. The molecule has 0 radical (unpaired) electrons. The number of halogens is 1. The summed E-state index contributed by atoms with van der Waals surface area (Å²) in [5.41, 5.74) is 7.45. The molecule has 0 aliphatic heterocycles. The predicted molar refractivity (Wildman–Crippen MR) is 83.0 cm³/mol. The number of nitrogens with two attached hydrogens (primary N) is 1. The summed E-state index contributed by atoms with van der Waals surface area (Å²) in [5.74, 6) is 0.403. The van der Waals surface area contributed by atoms with Crippen molar-refractivity contribution in [3.63, 3.8) is 0 Å². The number of rotatable bonds is 3. The third kappa shape index (κ3) is 3.21. The summed E-state index contributed by atoms with van der Waals surface area (Å²) in [6, 6.07) is 4.65. The van der Waals surface area contributed by atoms with Gasteiger partial charge in [0, 0.05) is 22.0 Å². The van der Waals surface area contributed by atoms with Gasteiger partial charge in [0.2, 0.25) is 0 Å². The maximum Gasteiger partial charge on any atom is 0.270 e. The van der Waals surface area contributed by atoms with Crippen LogP contribution in [0.2, 0.25) is 0 Å². The molecule has 0 saturated carbocycles. The minimum absolute atomic E-state index is 0.0415. The SMILES string of the molecule is CC(C)(C)c1c(N)nnn1Cc1ccc([N+](=O)[O-])cc1Br. The fraction of sp³-hybridized carbons (Fsp3) is 0.385. The molecule has 0 amide bonds. The van der Waals surface area contributed by atoms with Gasteiger partial charge in [-0.1, -0.05) is 41.9 Å². The van der Waals surface area contributed by atoms with E-state index in [1.807, 2.05) is 20.8 Å². The number of nitro benzene ring substituents is 1. The van der Waals surface area contributed by atoms with Gasteiger partial charge in [0.15, 0.2) is 5.82 Å². The van der Waals surface area contributed by atoms with Crippen LogP contribution in [0.15, 0.2) is 22.7 Å². The average Bonchev–Trinajstić information content (AvgIpc) is 2.72. The molecule has 112 valence electrons. The number of non-ortho nitro benzene ring substituents is 1. The molecule has 2 N–H and O–H groups in total. The number of benzene rings is 1. The van der Waals surface area contributed by atoms with Crippen LogP contribution in [-0.4, -0.2) is 19.9 Å². The zero-order valence-electron chi connectivity index (χ0n) is 12.0. The molecular weight excluding hydrogens is 338 g/mol. The van der Waals surface area contributed by atoms with E-state index in [4.69, 9.17) is 5.73 Å². The number of anilines is 1. The van der Waals surface area contributed by atoms with Crippen LogP contribution in [0, 0.1) is 10.1 Å². The number of nitrogens with zero attached hydrogens (tertiary/aromatic N) is 4. The summed E-state index contributed by atoms with van der Waals surface area (Å²) in [7, 11) is 0. The summed E-state index contributed by atoms with van der Waals surface area (Å²) >= 11 is 3.36. The van der Waals surface area contributed by atoms with Crippen molar-refractivity contribution in [3.8, 4) is 0 Å². The highest BCUT2D eigenvalue weighted by atomic mass is 79.9. The zero-order valence-corrected chi connectivity index (χ0v) is 13.6. The molecular formula is C13H16BrN5O2. The van der Waals surface area contributed by atoms with Crippen LogP contribution in [0.3, 0.4) is 0 Å². The van der Waals surface area contributed by atoms with Gasteiger partial charge >= 0.3 is 0 Å². The van der Waals surface area contributed by atoms with E-state index in [1.165, 1.54) is 12.1 Å². The van der Waals surface area contributed by atoms with Gasteiger partial charge in [-0.2, -0.15) is 0 Å². The second-order valence-electron chi connectivity index (χ2n) is 5.76. The summed E-state index contributed by atoms with van der Waals surface area (Å²) in [5, 5.41) is 18.7. The molecule has 1 heterocycles. The fourth-order valence-corrected chi connectivity index (χ4v) is 2.64. The van der Waals surface area contributed by atoms with E-state index in [0.29, 0.717) is 16.8 Å². The first-order valence-electron chi connectivity index (χ1n) is 6.32. The van der Waals surface area contributed by atoms with Crippen molar-refractivity contribution < 1.29 is 4.92 Å². The molecule has 0 fully saturated rings. The van der Waals surface area contributed by atoms with Crippen LogP contribution in [0.5, 0.6) is 0 Å². The Kier molecular flexibility index (Phi) is 3.99. The first-order chi connectivity index (χ1) is 9.70. The Bertz CT molecular complexity index is 690. The Balaban J connectivity index is 2.38. The number of nitrogen functional groups attached to an aromatic ring is 1. The highest BCUT2D eigenvalue weighted by Crippen LogP contribution is 2.28. The molecule has 2 rings (SSSR count). The highest BCUT2D eigenvalue weighted by Gasteiger charge is 2.24. The third-order valence-corrected chi connectivity index (χ3v) is 3.78. The van der Waals surface area contributed by atoms with Crippen molar-refractivity contribution >= 4 is 27.4 Å². The van der Waals surface area contributed by atoms with Gasteiger partial charge in [0.25, 0.3) is 5.69 Å².